The van der Waals surface area contributed by atoms with Crippen LogP contribution in [0.1, 0.15) is 122 Å². The van der Waals surface area contributed by atoms with E-state index in [9.17, 15) is 9.59 Å². The number of nitrogens with one attached hydrogen (secondary N) is 1. The molecule has 1 rings (SSSR count). The van der Waals surface area contributed by atoms with Crippen LogP contribution < -0.4 is 11.1 Å². The molecular weight excluding hydrogens is 348 g/mol. The third kappa shape index (κ3) is 11.8. The number of rotatable bonds is 17. The lowest BCUT2D eigenvalue weighted by Crippen LogP contribution is -2.45. The van der Waals surface area contributed by atoms with Gasteiger partial charge in [0.1, 0.15) is 5.78 Å². The van der Waals surface area contributed by atoms with Gasteiger partial charge in [-0.05, 0) is 19.3 Å². The summed E-state index contributed by atoms with van der Waals surface area (Å²) in [5.74, 6) is -0.235. The number of nitrogens with two attached hydrogens (primary N) is 1. The molecule has 164 valence electrons. The van der Waals surface area contributed by atoms with Crippen molar-refractivity contribution in [3.8, 4) is 0 Å². The molecule has 0 aliphatic carbocycles. The minimum Gasteiger partial charge on any atom is -0.355 e. The van der Waals surface area contributed by atoms with Crippen molar-refractivity contribution in [2.24, 2.45) is 11.7 Å². The van der Waals surface area contributed by atoms with Crippen LogP contribution in [-0.2, 0) is 9.59 Å². The van der Waals surface area contributed by atoms with Gasteiger partial charge in [-0.2, -0.15) is 0 Å². The molecule has 1 aliphatic heterocycles. The summed E-state index contributed by atoms with van der Waals surface area (Å²) in [5, 5.41) is 2.78. The third-order valence-corrected chi connectivity index (χ3v) is 6.17. The smallest absolute Gasteiger partial charge is 0.237 e. The van der Waals surface area contributed by atoms with Crippen LogP contribution in [-0.4, -0.2) is 24.3 Å². The van der Waals surface area contributed by atoms with E-state index in [1.807, 2.05) is 0 Å². The maximum atomic E-state index is 12.4. The Morgan fingerprint density at radius 1 is 0.857 bits per heavy atom. The van der Waals surface area contributed by atoms with Gasteiger partial charge < -0.3 is 11.1 Å². The van der Waals surface area contributed by atoms with Crippen molar-refractivity contribution in [1.82, 2.24) is 5.32 Å². The van der Waals surface area contributed by atoms with Crippen molar-refractivity contribution in [3.63, 3.8) is 0 Å². The molecule has 3 N–H and O–H groups in total. The number of hydrogen-bond acceptors (Lipinski definition) is 3. The maximum Gasteiger partial charge on any atom is 0.237 e. The van der Waals surface area contributed by atoms with Crippen LogP contribution in [0.2, 0.25) is 0 Å². The normalized spacial score (nSPS) is 20.0. The lowest BCUT2D eigenvalue weighted by atomic mass is 9.89. The standard InChI is InChI=1S/C24H46N2O2/c1-2-3-4-5-6-7-8-9-10-11-12-13-14-15-16-19-22(27)21-18-17-20-26-24(28)23(21)25/h21,23H,2-20,25H2,1H3,(H,26,28)/t21?,23-/m0/s1. The summed E-state index contributed by atoms with van der Waals surface area (Å²) in [4.78, 5) is 24.1. The van der Waals surface area contributed by atoms with E-state index in [0.29, 0.717) is 13.0 Å². The van der Waals surface area contributed by atoms with Crippen LogP contribution in [0, 0.1) is 5.92 Å². The molecule has 0 aromatic heterocycles. The van der Waals surface area contributed by atoms with Gasteiger partial charge in [-0.15, -0.1) is 0 Å². The molecule has 0 aromatic rings. The van der Waals surface area contributed by atoms with Gasteiger partial charge in [-0.1, -0.05) is 96.8 Å². The van der Waals surface area contributed by atoms with E-state index < -0.39 is 6.04 Å². The van der Waals surface area contributed by atoms with E-state index in [1.165, 1.54) is 83.5 Å². The number of Topliss-reactive ketones (excluding diaryl/α,β-unsaturated/α-hetero) is 1. The topological polar surface area (TPSA) is 72.2 Å². The zero-order chi connectivity index (χ0) is 20.5. The average Bonchev–Trinajstić information content (AvgIpc) is 2.86. The largest absolute Gasteiger partial charge is 0.355 e. The summed E-state index contributed by atoms with van der Waals surface area (Å²) in [5.41, 5.74) is 5.95. The molecule has 1 amide bonds. The molecule has 0 radical (unpaired) electrons. The predicted molar refractivity (Wildman–Crippen MR) is 118 cm³/mol. The highest BCUT2D eigenvalue weighted by Crippen LogP contribution is 2.19. The van der Waals surface area contributed by atoms with Crippen LogP contribution in [0.25, 0.3) is 0 Å². The fraction of sp³-hybridized carbons (Fsp3) is 0.917. The first-order valence-electron chi connectivity index (χ1n) is 12.2. The quantitative estimate of drug-likeness (QED) is 0.312. The first-order chi connectivity index (χ1) is 13.7. The van der Waals surface area contributed by atoms with Gasteiger partial charge in [-0.25, -0.2) is 0 Å². The molecule has 4 nitrogen and oxygen atoms in total. The van der Waals surface area contributed by atoms with Crippen LogP contribution in [0.3, 0.4) is 0 Å². The molecule has 1 unspecified atom stereocenters. The second-order valence-electron chi connectivity index (χ2n) is 8.73. The Morgan fingerprint density at radius 3 is 1.82 bits per heavy atom. The number of carbonyl (C=O) groups excluding carboxylic acids is 2. The SMILES string of the molecule is CCCCCCCCCCCCCCCCCC(=O)C1CCCNC(=O)[C@H]1N. The molecule has 1 saturated heterocycles. The highest BCUT2D eigenvalue weighted by atomic mass is 16.2. The Hall–Kier alpha value is -0.900. The number of amides is 1. The summed E-state index contributed by atoms with van der Waals surface area (Å²) in [7, 11) is 0. The van der Waals surface area contributed by atoms with Crippen molar-refractivity contribution >= 4 is 11.7 Å². The minimum absolute atomic E-state index is 0.160. The number of unbranched alkanes of at least 4 members (excludes halogenated alkanes) is 14. The second kappa shape index (κ2) is 17.0. The van der Waals surface area contributed by atoms with Crippen LogP contribution in [0.5, 0.6) is 0 Å². The second-order valence-corrected chi connectivity index (χ2v) is 8.73. The zero-order valence-electron chi connectivity index (χ0n) is 18.5. The van der Waals surface area contributed by atoms with Crippen molar-refractivity contribution in [2.75, 3.05) is 6.54 Å². The van der Waals surface area contributed by atoms with E-state index in [1.54, 1.807) is 0 Å². The Bertz CT molecular complexity index is 411. The molecule has 0 saturated carbocycles. The lowest BCUT2D eigenvalue weighted by Gasteiger charge is -2.18. The minimum atomic E-state index is -0.647. The predicted octanol–water partition coefficient (Wildman–Crippen LogP) is 5.67. The van der Waals surface area contributed by atoms with Gasteiger partial charge in [0.2, 0.25) is 5.91 Å². The van der Waals surface area contributed by atoms with Gasteiger partial charge in [0.05, 0.1) is 6.04 Å². The van der Waals surface area contributed by atoms with Crippen molar-refractivity contribution in [1.29, 1.82) is 0 Å². The Morgan fingerprint density at radius 2 is 1.32 bits per heavy atom. The van der Waals surface area contributed by atoms with Crippen LogP contribution >= 0.6 is 0 Å². The van der Waals surface area contributed by atoms with E-state index in [-0.39, 0.29) is 17.6 Å². The van der Waals surface area contributed by atoms with E-state index >= 15 is 0 Å². The van der Waals surface area contributed by atoms with Gasteiger partial charge >= 0.3 is 0 Å². The molecule has 2 atom stereocenters. The van der Waals surface area contributed by atoms with E-state index in [4.69, 9.17) is 5.73 Å². The molecule has 4 heteroatoms. The van der Waals surface area contributed by atoms with Gasteiger partial charge in [-0.3, -0.25) is 9.59 Å². The molecular formula is C24H46N2O2. The fourth-order valence-electron chi connectivity index (χ4n) is 4.23. The van der Waals surface area contributed by atoms with Crippen LogP contribution in [0.4, 0.5) is 0 Å². The maximum absolute atomic E-state index is 12.4. The number of ketones is 1. The summed E-state index contributed by atoms with van der Waals surface area (Å²) in [6, 6.07) is -0.647. The monoisotopic (exact) mass is 394 g/mol. The van der Waals surface area contributed by atoms with Gasteiger partial charge in [0, 0.05) is 18.9 Å². The fourth-order valence-corrected chi connectivity index (χ4v) is 4.23. The summed E-state index contributed by atoms with van der Waals surface area (Å²) in [6.07, 6.45) is 22.1. The molecule has 0 spiro atoms. The molecule has 1 heterocycles. The first-order valence-corrected chi connectivity index (χ1v) is 12.2. The van der Waals surface area contributed by atoms with E-state index in [2.05, 4.69) is 12.2 Å². The molecule has 1 fully saturated rings. The molecule has 28 heavy (non-hydrogen) atoms. The summed E-state index contributed by atoms with van der Waals surface area (Å²) < 4.78 is 0. The number of hydrogen-bond donors (Lipinski definition) is 2. The molecule has 1 aliphatic rings. The third-order valence-electron chi connectivity index (χ3n) is 6.17. The highest BCUT2D eigenvalue weighted by molar-refractivity contribution is 5.91. The van der Waals surface area contributed by atoms with Crippen molar-refractivity contribution in [3.05, 3.63) is 0 Å². The van der Waals surface area contributed by atoms with E-state index in [0.717, 1.165) is 25.7 Å². The zero-order valence-corrected chi connectivity index (χ0v) is 18.5. The number of carbonyl (C=O) groups is 2. The molecule has 0 bridgehead atoms. The van der Waals surface area contributed by atoms with Crippen LogP contribution in [0.15, 0.2) is 0 Å². The first kappa shape index (κ1) is 25.1. The Kier molecular flexibility index (Phi) is 15.3. The van der Waals surface area contributed by atoms with Gasteiger partial charge in [0.15, 0.2) is 0 Å². The highest BCUT2D eigenvalue weighted by Gasteiger charge is 2.31. The summed E-state index contributed by atoms with van der Waals surface area (Å²) >= 11 is 0. The molecule has 0 aromatic carbocycles. The lowest BCUT2D eigenvalue weighted by molar-refractivity contribution is -0.129. The van der Waals surface area contributed by atoms with Crippen molar-refractivity contribution < 1.29 is 9.59 Å². The Labute approximate surface area is 173 Å². The Balaban J connectivity index is 1.88. The summed E-state index contributed by atoms with van der Waals surface area (Å²) in [6.45, 7) is 2.92. The van der Waals surface area contributed by atoms with Crippen molar-refractivity contribution in [2.45, 2.75) is 129 Å². The average molecular weight is 395 g/mol. The van der Waals surface area contributed by atoms with Gasteiger partial charge in [0.25, 0.3) is 0 Å².